The lowest BCUT2D eigenvalue weighted by Gasteiger charge is -2.39. The van der Waals surface area contributed by atoms with Crippen molar-refractivity contribution >= 4 is 5.91 Å². The quantitative estimate of drug-likeness (QED) is 0.903. The van der Waals surface area contributed by atoms with E-state index >= 15 is 0 Å². The number of rotatable bonds is 5. The fourth-order valence-corrected chi connectivity index (χ4v) is 3.04. The van der Waals surface area contributed by atoms with Crippen LogP contribution in [0.2, 0.25) is 0 Å². The highest BCUT2D eigenvalue weighted by atomic mass is 16.2. The molecule has 116 valence electrons. The average molecular weight is 288 g/mol. The molecule has 0 aliphatic carbocycles. The van der Waals surface area contributed by atoms with E-state index in [1.165, 1.54) is 5.56 Å². The maximum atomic E-state index is 12.5. The van der Waals surface area contributed by atoms with Gasteiger partial charge in [0.15, 0.2) is 0 Å². The van der Waals surface area contributed by atoms with Crippen molar-refractivity contribution in [2.24, 2.45) is 5.92 Å². The standard InChI is InChI=1S/C18H28N2O/c1-14(2)11-17-13-20(15(3)12-19-17)18(21)10-9-16-7-5-4-6-8-16/h4-8,14-15,17,19H,9-13H2,1-3H3. The van der Waals surface area contributed by atoms with Crippen molar-refractivity contribution in [3.63, 3.8) is 0 Å². The van der Waals surface area contributed by atoms with E-state index in [4.69, 9.17) is 0 Å². The first-order valence-corrected chi connectivity index (χ1v) is 8.13. The lowest BCUT2D eigenvalue weighted by molar-refractivity contribution is -0.134. The first-order valence-electron chi connectivity index (χ1n) is 8.13. The number of carbonyl (C=O) groups is 1. The van der Waals surface area contributed by atoms with Crippen molar-refractivity contribution in [3.05, 3.63) is 35.9 Å². The number of aryl methyl sites for hydroxylation is 1. The highest BCUT2D eigenvalue weighted by Gasteiger charge is 2.28. The SMILES string of the molecule is CC(C)CC1CN(C(=O)CCc2ccccc2)C(C)CN1. The van der Waals surface area contributed by atoms with Crippen molar-refractivity contribution in [2.45, 2.75) is 52.1 Å². The number of benzene rings is 1. The smallest absolute Gasteiger partial charge is 0.223 e. The fraction of sp³-hybridized carbons (Fsp3) is 0.611. The highest BCUT2D eigenvalue weighted by Crippen LogP contribution is 2.15. The van der Waals surface area contributed by atoms with Gasteiger partial charge in [0.1, 0.15) is 0 Å². The Bertz CT molecular complexity index is 444. The maximum Gasteiger partial charge on any atom is 0.223 e. The predicted octanol–water partition coefficient (Wildman–Crippen LogP) is 2.85. The van der Waals surface area contributed by atoms with Gasteiger partial charge in [0.05, 0.1) is 0 Å². The summed E-state index contributed by atoms with van der Waals surface area (Å²) in [6.45, 7) is 8.38. The normalized spacial score (nSPS) is 22.6. The summed E-state index contributed by atoms with van der Waals surface area (Å²) in [6.07, 6.45) is 2.59. The Balaban J connectivity index is 1.87. The van der Waals surface area contributed by atoms with Crippen LogP contribution < -0.4 is 5.32 Å². The number of nitrogens with one attached hydrogen (secondary N) is 1. The zero-order valence-corrected chi connectivity index (χ0v) is 13.5. The third-order valence-electron chi connectivity index (χ3n) is 4.20. The Labute approximate surface area is 128 Å². The van der Waals surface area contributed by atoms with Crippen molar-refractivity contribution in [1.29, 1.82) is 0 Å². The van der Waals surface area contributed by atoms with Crippen LogP contribution in [-0.2, 0) is 11.2 Å². The first kappa shape index (κ1) is 16.0. The molecule has 0 spiro atoms. The highest BCUT2D eigenvalue weighted by molar-refractivity contribution is 5.77. The van der Waals surface area contributed by atoms with E-state index in [1.54, 1.807) is 0 Å². The molecular weight excluding hydrogens is 260 g/mol. The number of amides is 1. The van der Waals surface area contributed by atoms with Crippen LogP contribution in [0.1, 0.15) is 39.2 Å². The van der Waals surface area contributed by atoms with Gasteiger partial charge < -0.3 is 10.2 Å². The Morgan fingerprint density at radius 2 is 2.05 bits per heavy atom. The fourth-order valence-electron chi connectivity index (χ4n) is 3.04. The van der Waals surface area contributed by atoms with E-state index in [2.05, 4.69) is 43.1 Å². The first-order chi connectivity index (χ1) is 10.1. The molecule has 3 heteroatoms. The van der Waals surface area contributed by atoms with Crippen molar-refractivity contribution in [1.82, 2.24) is 10.2 Å². The van der Waals surface area contributed by atoms with E-state index in [0.717, 1.165) is 25.9 Å². The number of carbonyl (C=O) groups excluding carboxylic acids is 1. The topological polar surface area (TPSA) is 32.3 Å². The zero-order chi connectivity index (χ0) is 15.2. The van der Waals surface area contributed by atoms with Gasteiger partial charge in [-0.1, -0.05) is 44.2 Å². The van der Waals surface area contributed by atoms with Gasteiger partial charge in [-0.05, 0) is 31.2 Å². The molecule has 1 fully saturated rings. The molecule has 2 atom stereocenters. The van der Waals surface area contributed by atoms with Crippen LogP contribution in [0.5, 0.6) is 0 Å². The van der Waals surface area contributed by atoms with Crippen molar-refractivity contribution < 1.29 is 4.79 Å². The van der Waals surface area contributed by atoms with E-state index in [-0.39, 0.29) is 0 Å². The molecule has 3 nitrogen and oxygen atoms in total. The second kappa shape index (κ2) is 7.60. The van der Waals surface area contributed by atoms with Crippen molar-refractivity contribution in [2.75, 3.05) is 13.1 Å². The Morgan fingerprint density at radius 1 is 1.33 bits per heavy atom. The largest absolute Gasteiger partial charge is 0.337 e. The minimum atomic E-state index is 0.293. The summed E-state index contributed by atoms with van der Waals surface area (Å²) >= 11 is 0. The molecule has 0 aromatic heterocycles. The molecule has 1 aliphatic rings. The molecular formula is C18H28N2O. The van der Waals surface area contributed by atoms with E-state index in [9.17, 15) is 4.79 Å². The maximum absolute atomic E-state index is 12.5. The molecule has 0 bridgehead atoms. The Kier molecular flexibility index (Phi) is 5.80. The predicted molar refractivity (Wildman–Crippen MR) is 87.2 cm³/mol. The van der Waals surface area contributed by atoms with Gasteiger partial charge in [-0.25, -0.2) is 0 Å². The average Bonchev–Trinajstić information content (AvgIpc) is 2.47. The van der Waals surface area contributed by atoms with E-state index in [0.29, 0.717) is 30.3 Å². The van der Waals surface area contributed by atoms with Crippen LogP contribution in [0.4, 0.5) is 0 Å². The molecule has 1 saturated heterocycles. The molecule has 1 heterocycles. The van der Waals surface area contributed by atoms with Gasteiger partial charge in [-0.15, -0.1) is 0 Å². The molecule has 1 aliphatic heterocycles. The Hall–Kier alpha value is -1.35. The summed E-state index contributed by atoms with van der Waals surface area (Å²) in [6, 6.07) is 11.0. The van der Waals surface area contributed by atoms with Crippen LogP contribution in [0, 0.1) is 5.92 Å². The van der Waals surface area contributed by atoms with Gasteiger partial charge in [0.25, 0.3) is 0 Å². The minimum absolute atomic E-state index is 0.293. The summed E-state index contributed by atoms with van der Waals surface area (Å²) in [4.78, 5) is 14.6. The zero-order valence-electron chi connectivity index (χ0n) is 13.5. The second-order valence-corrected chi connectivity index (χ2v) is 6.62. The van der Waals surface area contributed by atoms with E-state index in [1.807, 2.05) is 18.2 Å². The van der Waals surface area contributed by atoms with Crippen LogP contribution >= 0.6 is 0 Å². The summed E-state index contributed by atoms with van der Waals surface area (Å²) in [7, 11) is 0. The van der Waals surface area contributed by atoms with E-state index < -0.39 is 0 Å². The third-order valence-corrected chi connectivity index (χ3v) is 4.20. The van der Waals surface area contributed by atoms with Crippen LogP contribution in [0.25, 0.3) is 0 Å². The van der Waals surface area contributed by atoms with Gasteiger partial charge >= 0.3 is 0 Å². The van der Waals surface area contributed by atoms with Crippen LogP contribution in [0.15, 0.2) is 30.3 Å². The summed E-state index contributed by atoms with van der Waals surface area (Å²) in [5.41, 5.74) is 1.24. The summed E-state index contributed by atoms with van der Waals surface area (Å²) in [5.74, 6) is 0.957. The molecule has 21 heavy (non-hydrogen) atoms. The molecule has 2 rings (SSSR count). The molecule has 0 radical (unpaired) electrons. The molecule has 1 amide bonds. The molecule has 1 aromatic carbocycles. The summed E-state index contributed by atoms with van der Waals surface area (Å²) < 4.78 is 0. The number of nitrogens with zero attached hydrogens (tertiary/aromatic N) is 1. The number of hydrogen-bond acceptors (Lipinski definition) is 2. The molecule has 1 aromatic rings. The third kappa shape index (κ3) is 4.85. The monoisotopic (exact) mass is 288 g/mol. The molecule has 2 unspecified atom stereocenters. The van der Waals surface area contributed by atoms with Gasteiger partial charge in [0, 0.05) is 31.6 Å². The molecule has 0 saturated carbocycles. The molecule has 1 N–H and O–H groups in total. The number of piperazine rings is 1. The van der Waals surface area contributed by atoms with Gasteiger partial charge in [0.2, 0.25) is 5.91 Å². The van der Waals surface area contributed by atoms with Gasteiger partial charge in [-0.3, -0.25) is 4.79 Å². The summed E-state index contributed by atoms with van der Waals surface area (Å²) in [5, 5.41) is 3.56. The second-order valence-electron chi connectivity index (χ2n) is 6.62. The number of hydrogen-bond donors (Lipinski definition) is 1. The minimum Gasteiger partial charge on any atom is -0.337 e. The lowest BCUT2D eigenvalue weighted by Crippen LogP contribution is -2.57. The van der Waals surface area contributed by atoms with Gasteiger partial charge in [-0.2, -0.15) is 0 Å². The van der Waals surface area contributed by atoms with Crippen molar-refractivity contribution in [3.8, 4) is 0 Å². The lowest BCUT2D eigenvalue weighted by atomic mass is 9.99. The van der Waals surface area contributed by atoms with Crippen LogP contribution in [0.3, 0.4) is 0 Å². The Morgan fingerprint density at radius 3 is 2.71 bits per heavy atom. The van der Waals surface area contributed by atoms with Crippen LogP contribution in [-0.4, -0.2) is 36.0 Å².